The zero-order valence-corrected chi connectivity index (χ0v) is 9.26. The van der Waals surface area contributed by atoms with Crippen molar-refractivity contribution in [1.29, 1.82) is 0 Å². The van der Waals surface area contributed by atoms with Crippen LogP contribution >= 0.6 is 0 Å². The standard InChI is InChI=1S/C7H8FN.2C2H6/c1-6-2-3-7(4-8)9-5-6;2*1-2/h2-3,5H,4H2,1H3;2*1-2H3. The van der Waals surface area contributed by atoms with E-state index in [-0.39, 0.29) is 0 Å². The second-order valence-electron chi connectivity index (χ2n) is 1.96. The molecule has 2 heteroatoms. The van der Waals surface area contributed by atoms with Crippen molar-refractivity contribution in [1.82, 2.24) is 4.98 Å². The van der Waals surface area contributed by atoms with Gasteiger partial charge in [-0.3, -0.25) is 4.98 Å². The Morgan fingerprint density at radius 3 is 2.00 bits per heavy atom. The van der Waals surface area contributed by atoms with E-state index >= 15 is 0 Å². The third-order valence-corrected chi connectivity index (χ3v) is 1.11. The van der Waals surface area contributed by atoms with Crippen LogP contribution in [0, 0.1) is 6.92 Å². The summed E-state index contributed by atoms with van der Waals surface area (Å²) in [6.45, 7) is 9.45. The molecular weight excluding hydrogens is 165 g/mol. The van der Waals surface area contributed by atoms with Gasteiger partial charge < -0.3 is 0 Å². The first-order chi connectivity index (χ1) is 6.33. The van der Waals surface area contributed by atoms with E-state index in [0.29, 0.717) is 5.69 Å². The highest BCUT2D eigenvalue weighted by molar-refractivity contribution is 5.11. The van der Waals surface area contributed by atoms with Gasteiger partial charge in [0.15, 0.2) is 0 Å². The van der Waals surface area contributed by atoms with Gasteiger partial charge in [-0.1, -0.05) is 33.8 Å². The zero-order chi connectivity index (χ0) is 10.7. The number of nitrogens with zero attached hydrogens (tertiary/aromatic N) is 1. The van der Waals surface area contributed by atoms with Gasteiger partial charge in [0.2, 0.25) is 0 Å². The average Bonchev–Trinajstić information content (AvgIpc) is 2.25. The predicted molar refractivity (Wildman–Crippen MR) is 56.5 cm³/mol. The normalized spacial score (nSPS) is 7.54. The number of aryl methyl sites for hydroxylation is 1. The summed E-state index contributed by atoms with van der Waals surface area (Å²) in [6.07, 6.45) is 1.66. The molecule has 0 bridgehead atoms. The van der Waals surface area contributed by atoms with Crippen molar-refractivity contribution in [3.8, 4) is 0 Å². The number of pyridine rings is 1. The summed E-state index contributed by atoms with van der Waals surface area (Å²) < 4.78 is 11.8. The maximum absolute atomic E-state index is 11.8. The molecule has 1 rings (SSSR count). The van der Waals surface area contributed by atoms with Crippen LogP contribution in [0.4, 0.5) is 4.39 Å². The van der Waals surface area contributed by atoms with E-state index in [1.807, 2.05) is 40.7 Å². The molecule has 0 aliphatic rings. The van der Waals surface area contributed by atoms with Gasteiger partial charge in [0.05, 0.1) is 5.69 Å². The molecule has 0 N–H and O–H groups in total. The Labute approximate surface area is 81.0 Å². The van der Waals surface area contributed by atoms with Crippen LogP contribution in [0.2, 0.25) is 0 Å². The lowest BCUT2D eigenvalue weighted by Gasteiger charge is -1.91. The van der Waals surface area contributed by atoms with Crippen molar-refractivity contribution >= 4 is 0 Å². The largest absolute Gasteiger partial charge is 0.258 e. The minimum Gasteiger partial charge on any atom is -0.258 e. The summed E-state index contributed by atoms with van der Waals surface area (Å²) in [6, 6.07) is 3.54. The second-order valence-corrected chi connectivity index (χ2v) is 1.96. The summed E-state index contributed by atoms with van der Waals surface area (Å²) in [7, 11) is 0. The molecule has 1 heterocycles. The van der Waals surface area contributed by atoms with Crippen molar-refractivity contribution in [2.75, 3.05) is 0 Å². The molecule has 0 atom stereocenters. The van der Waals surface area contributed by atoms with Crippen LogP contribution in [0.3, 0.4) is 0 Å². The summed E-state index contributed by atoms with van der Waals surface area (Å²) >= 11 is 0. The van der Waals surface area contributed by atoms with E-state index in [1.165, 1.54) is 0 Å². The van der Waals surface area contributed by atoms with Crippen molar-refractivity contribution in [2.45, 2.75) is 41.3 Å². The van der Waals surface area contributed by atoms with Crippen LogP contribution in [-0.4, -0.2) is 4.98 Å². The number of hydrogen-bond donors (Lipinski definition) is 0. The highest BCUT2D eigenvalue weighted by Gasteiger charge is 1.88. The first-order valence-corrected chi connectivity index (χ1v) is 4.80. The van der Waals surface area contributed by atoms with Gasteiger partial charge in [0.25, 0.3) is 0 Å². The Kier molecular flexibility index (Phi) is 12.4. The lowest BCUT2D eigenvalue weighted by Crippen LogP contribution is -1.83. The van der Waals surface area contributed by atoms with E-state index in [4.69, 9.17) is 0 Å². The highest BCUT2D eigenvalue weighted by atomic mass is 19.1. The third-order valence-electron chi connectivity index (χ3n) is 1.11. The van der Waals surface area contributed by atoms with Crippen molar-refractivity contribution < 1.29 is 4.39 Å². The summed E-state index contributed by atoms with van der Waals surface area (Å²) in [5, 5.41) is 0. The molecular formula is C11H20FN. The molecule has 0 aliphatic heterocycles. The molecule has 76 valence electrons. The molecule has 0 unspecified atom stereocenters. The maximum Gasteiger partial charge on any atom is 0.131 e. The highest BCUT2D eigenvalue weighted by Crippen LogP contribution is 1.98. The van der Waals surface area contributed by atoms with Gasteiger partial charge in [-0.25, -0.2) is 4.39 Å². The number of alkyl halides is 1. The van der Waals surface area contributed by atoms with Crippen molar-refractivity contribution in [3.63, 3.8) is 0 Å². The molecule has 13 heavy (non-hydrogen) atoms. The van der Waals surface area contributed by atoms with Crippen LogP contribution in [0.5, 0.6) is 0 Å². The molecule has 0 saturated carbocycles. The molecule has 1 aromatic heterocycles. The molecule has 0 spiro atoms. The van der Waals surface area contributed by atoms with E-state index in [2.05, 4.69) is 4.98 Å². The molecule has 0 aromatic carbocycles. The van der Waals surface area contributed by atoms with Crippen molar-refractivity contribution in [3.05, 3.63) is 29.6 Å². The quantitative estimate of drug-likeness (QED) is 0.646. The van der Waals surface area contributed by atoms with E-state index in [9.17, 15) is 4.39 Å². The Bertz CT molecular complexity index is 182. The van der Waals surface area contributed by atoms with Gasteiger partial charge in [-0.05, 0) is 18.6 Å². The van der Waals surface area contributed by atoms with Gasteiger partial charge in [-0.2, -0.15) is 0 Å². The fourth-order valence-electron chi connectivity index (χ4n) is 0.577. The summed E-state index contributed by atoms with van der Waals surface area (Å²) in [5.41, 5.74) is 1.56. The van der Waals surface area contributed by atoms with Crippen molar-refractivity contribution in [2.24, 2.45) is 0 Å². The third kappa shape index (κ3) is 7.44. The number of aromatic nitrogens is 1. The SMILES string of the molecule is CC.CC.Cc1ccc(CF)nc1. The molecule has 0 amide bonds. The fourth-order valence-corrected chi connectivity index (χ4v) is 0.577. The minimum absolute atomic E-state index is 0.472. The molecule has 1 nitrogen and oxygen atoms in total. The number of rotatable bonds is 1. The smallest absolute Gasteiger partial charge is 0.131 e. The van der Waals surface area contributed by atoms with Gasteiger partial charge in [0.1, 0.15) is 6.67 Å². The summed E-state index contributed by atoms with van der Waals surface area (Å²) in [4.78, 5) is 3.82. The Morgan fingerprint density at radius 1 is 1.15 bits per heavy atom. The molecule has 0 radical (unpaired) electrons. The average molecular weight is 185 g/mol. The van der Waals surface area contributed by atoms with E-state index in [1.54, 1.807) is 12.3 Å². The molecule has 1 aromatic rings. The summed E-state index contributed by atoms with van der Waals surface area (Å²) in [5.74, 6) is 0. The topological polar surface area (TPSA) is 12.9 Å². The zero-order valence-electron chi connectivity index (χ0n) is 9.26. The maximum atomic E-state index is 11.8. The number of hydrogen-bond acceptors (Lipinski definition) is 1. The first kappa shape index (κ1) is 14.6. The van der Waals surface area contributed by atoms with Crippen LogP contribution in [-0.2, 0) is 6.67 Å². The Morgan fingerprint density at radius 2 is 1.69 bits per heavy atom. The Hall–Kier alpha value is -0.920. The molecule has 0 saturated heterocycles. The van der Waals surface area contributed by atoms with E-state index in [0.717, 1.165) is 5.56 Å². The van der Waals surface area contributed by atoms with Gasteiger partial charge >= 0.3 is 0 Å². The second kappa shape index (κ2) is 11.1. The number of halogens is 1. The molecule has 0 aliphatic carbocycles. The lowest BCUT2D eigenvalue weighted by molar-refractivity contribution is 0.476. The van der Waals surface area contributed by atoms with Crippen LogP contribution in [0.25, 0.3) is 0 Å². The Balaban J connectivity index is 0. The predicted octanol–water partition coefficient (Wildman–Crippen LogP) is 3.91. The minimum atomic E-state index is -0.472. The lowest BCUT2D eigenvalue weighted by atomic mass is 10.3. The van der Waals surface area contributed by atoms with E-state index < -0.39 is 6.67 Å². The van der Waals surface area contributed by atoms with Gasteiger partial charge in [-0.15, -0.1) is 0 Å². The fraction of sp³-hybridized carbons (Fsp3) is 0.545. The first-order valence-electron chi connectivity index (χ1n) is 4.80. The van der Waals surface area contributed by atoms with Gasteiger partial charge in [0, 0.05) is 6.20 Å². The monoisotopic (exact) mass is 185 g/mol. The van der Waals surface area contributed by atoms with Crippen LogP contribution < -0.4 is 0 Å². The molecule has 0 fully saturated rings. The van der Waals surface area contributed by atoms with Crippen LogP contribution in [0.1, 0.15) is 39.0 Å². The van der Waals surface area contributed by atoms with Crippen LogP contribution in [0.15, 0.2) is 18.3 Å².